The Morgan fingerprint density at radius 1 is 1.47 bits per heavy atom. The van der Waals surface area contributed by atoms with Gasteiger partial charge < -0.3 is 9.84 Å². The van der Waals surface area contributed by atoms with Crippen LogP contribution < -0.4 is 5.32 Å². The molecule has 1 N–H and O–H groups in total. The first kappa shape index (κ1) is 10.0. The molecule has 0 fully saturated rings. The van der Waals surface area contributed by atoms with Gasteiger partial charge in [-0.25, -0.2) is 9.37 Å². The fraction of sp³-hybridized carbons (Fsp3) is 0.125. The molecular weight excluding hydrogens is 267 g/mol. The van der Waals surface area contributed by atoms with Crippen molar-refractivity contribution in [3.05, 3.63) is 34.8 Å². The average Bonchev–Trinajstić information content (AvgIpc) is 2.69. The lowest BCUT2D eigenvalue weighted by molar-refractivity contribution is 0.411. The van der Waals surface area contributed by atoms with Crippen LogP contribution in [-0.4, -0.2) is 15.1 Å². The Morgan fingerprint density at radius 3 is 3.00 bits per heavy atom. The summed E-state index contributed by atoms with van der Waals surface area (Å²) in [6.45, 7) is 0.266. The van der Waals surface area contributed by atoms with Crippen molar-refractivity contribution in [2.24, 2.45) is 0 Å². The van der Waals surface area contributed by atoms with Gasteiger partial charge in [-0.2, -0.15) is 4.98 Å². The van der Waals surface area contributed by atoms with E-state index in [0.717, 1.165) is 0 Å². The molecule has 0 amide bonds. The summed E-state index contributed by atoms with van der Waals surface area (Å²) in [7, 11) is 0. The highest BCUT2D eigenvalue weighted by molar-refractivity contribution is 9.10. The number of aromatic nitrogens is 3. The van der Waals surface area contributed by atoms with Gasteiger partial charge in [0.25, 0.3) is 0 Å². The summed E-state index contributed by atoms with van der Waals surface area (Å²) in [5, 5.41) is 6.32. The maximum absolute atomic E-state index is 13.3. The van der Waals surface area contributed by atoms with Gasteiger partial charge in [0.1, 0.15) is 0 Å². The fourth-order valence-corrected chi connectivity index (χ4v) is 1.28. The van der Waals surface area contributed by atoms with Gasteiger partial charge in [0.15, 0.2) is 17.5 Å². The van der Waals surface area contributed by atoms with E-state index in [0.29, 0.717) is 10.3 Å². The molecule has 2 rings (SSSR count). The van der Waals surface area contributed by atoms with Crippen LogP contribution >= 0.6 is 15.9 Å². The SMILES string of the molecule is Fc1cc(Br)cnc1NCc1ncon1. The van der Waals surface area contributed by atoms with Gasteiger partial charge in [0.2, 0.25) is 6.39 Å². The molecule has 0 saturated heterocycles. The van der Waals surface area contributed by atoms with Crippen molar-refractivity contribution in [1.29, 1.82) is 0 Å². The van der Waals surface area contributed by atoms with E-state index in [4.69, 9.17) is 0 Å². The summed E-state index contributed by atoms with van der Waals surface area (Å²) >= 11 is 3.12. The smallest absolute Gasteiger partial charge is 0.213 e. The zero-order chi connectivity index (χ0) is 10.7. The molecule has 0 saturated carbocycles. The van der Waals surface area contributed by atoms with Crippen molar-refractivity contribution < 1.29 is 8.91 Å². The number of pyridine rings is 1. The molecule has 0 atom stereocenters. The molecule has 0 aliphatic rings. The first-order valence-corrected chi connectivity index (χ1v) is 4.85. The minimum atomic E-state index is -0.437. The molecule has 0 aliphatic heterocycles. The van der Waals surface area contributed by atoms with E-state index in [9.17, 15) is 4.39 Å². The molecule has 0 unspecified atom stereocenters. The second-order valence-corrected chi connectivity index (χ2v) is 3.60. The Balaban J connectivity index is 2.05. The van der Waals surface area contributed by atoms with Gasteiger partial charge in [-0.05, 0) is 22.0 Å². The topological polar surface area (TPSA) is 63.8 Å². The zero-order valence-corrected chi connectivity index (χ0v) is 9.03. The summed E-state index contributed by atoms with van der Waals surface area (Å²) in [5.41, 5.74) is 0. The second kappa shape index (κ2) is 4.35. The van der Waals surface area contributed by atoms with Crippen molar-refractivity contribution in [3.8, 4) is 0 Å². The van der Waals surface area contributed by atoms with E-state index in [2.05, 4.69) is 40.9 Å². The molecule has 0 bridgehead atoms. The van der Waals surface area contributed by atoms with Gasteiger partial charge in [-0.15, -0.1) is 0 Å². The lowest BCUT2D eigenvalue weighted by Crippen LogP contribution is -2.04. The van der Waals surface area contributed by atoms with Crippen LogP contribution in [0.25, 0.3) is 0 Å². The highest BCUT2D eigenvalue weighted by Crippen LogP contribution is 2.16. The summed E-state index contributed by atoms with van der Waals surface area (Å²) in [5.74, 6) is 0.162. The lowest BCUT2D eigenvalue weighted by atomic mass is 10.4. The number of nitrogens with one attached hydrogen (secondary N) is 1. The molecule has 78 valence electrons. The number of rotatable bonds is 3. The van der Waals surface area contributed by atoms with E-state index in [1.54, 1.807) is 0 Å². The molecule has 2 heterocycles. The van der Waals surface area contributed by atoms with E-state index >= 15 is 0 Å². The molecule has 2 aromatic rings. The van der Waals surface area contributed by atoms with Crippen LogP contribution in [0.4, 0.5) is 10.2 Å². The molecule has 0 aliphatic carbocycles. The predicted molar refractivity (Wildman–Crippen MR) is 53.5 cm³/mol. The Hall–Kier alpha value is -1.50. The van der Waals surface area contributed by atoms with Crippen LogP contribution in [0.1, 0.15) is 5.82 Å². The number of nitrogens with zero attached hydrogens (tertiary/aromatic N) is 3. The van der Waals surface area contributed by atoms with Gasteiger partial charge in [-0.1, -0.05) is 5.16 Å². The van der Waals surface area contributed by atoms with Crippen LogP contribution in [-0.2, 0) is 6.54 Å². The van der Waals surface area contributed by atoms with Crippen LogP contribution in [0.3, 0.4) is 0 Å². The summed E-state index contributed by atoms with van der Waals surface area (Å²) in [6.07, 6.45) is 2.71. The maximum atomic E-state index is 13.3. The molecule has 7 heteroatoms. The Labute approximate surface area is 92.8 Å². The lowest BCUT2D eigenvalue weighted by Gasteiger charge is -2.03. The van der Waals surface area contributed by atoms with E-state index < -0.39 is 5.82 Å². The third-order valence-corrected chi connectivity index (χ3v) is 2.06. The molecule has 5 nitrogen and oxygen atoms in total. The number of halogens is 2. The fourth-order valence-electron chi connectivity index (χ4n) is 0.978. The van der Waals surface area contributed by atoms with Crippen LogP contribution in [0.15, 0.2) is 27.7 Å². The third-order valence-electron chi connectivity index (χ3n) is 1.63. The maximum Gasteiger partial charge on any atom is 0.213 e. The summed E-state index contributed by atoms with van der Waals surface area (Å²) in [4.78, 5) is 7.64. The zero-order valence-electron chi connectivity index (χ0n) is 7.44. The molecular formula is C8H6BrFN4O. The molecule has 0 spiro atoms. The minimum Gasteiger partial charge on any atom is -0.360 e. The van der Waals surface area contributed by atoms with Crippen molar-refractivity contribution in [2.75, 3.05) is 5.32 Å². The third kappa shape index (κ3) is 2.50. The van der Waals surface area contributed by atoms with Gasteiger partial charge in [0.05, 0.1) is 6.54 Å². The first-order chi connectivity index (χ1) is 7.25. The Morgan fingerprint density at radius 2 is 2.33 bits per heavy atom. The highest BCUT2D eigenvalue weighted by atomic mass is 79.9. The minimum absolute atomic E-state index is 0.156. The number of hydrogen-bond donors (Lipinski definition) is 1. The van der Waals surface area contributed by atoms with Gasteiger partial charge >= 0.3 is 0 Å². The van der Waals surface area contributed by atoms with Crippen LogP contribution in [0.2, 0.25) is 0 Å². The number of hydrogen-bond acceptors (Lipinski definition) is 5. The van der Waals surface area contributed by atoms with Gasteiger partial charge in [0, 0.05) is 10.7 Å². The van der Waals surface area contributed by atoms with Crippen LogP contribution in [0.5, 0.6) is 0 Å². The second-order valence-electron chi connectivity index (χ2n) is 2.68. The van der Waals surface area contributed by atoms with Crippen LogP contribution in [0, 0.1) is 5.82 Å². The van der Waals surface area contributed by atoms with Crippen molar-refractivity contribution in [2.45, 2.75) is 6.54 Å². The quantitative estimate of drug-likeness (QED) is 0.926. The monoisotopic (exact) mass is 272 g/mol. The molecule has 0 aromatic carbocycles. The normalized spacial score (nSPS) is 10.3. The predicted octanol–water partition coefficient (Wildman–Crippen LogP) is 1.98. The van der Waals surface area contributed by atoms with Crippen molar-refractivity contribution >= 4 is 21.7 Å². The highest BCUT2D eigenvalue weighted by Gasteiger charge is 2.05. The number of anilines is 1. The standard InChI is InChI=1S/C8H6BrFN4O/c9-5-1-6(10)8(11-2-5)12-3-7-13-4-15-14-7/h1-2,4H,3H2,(H,11,12). The first-order valence-electron chi connectivity index (χ1n) is 4.06. The summed E-state index contributed by atoms with van der Waals surface area (Å²) < 4.78 is 18.4. The largest absolute Gasteiger partial charge is 0.360 e. The van der Waals surface area contributed by atoms with Crippen molar-refractivity contribution in [1.82, 2.24) is 15.1 Å². The molecule has 2 aromatic heterocycles. The van der Waals surface area contributed by atoms with E-state index in [1.807, 2.05) is 0 Å². The Bertz CT molecular complexity index is 448. The molecule has 0 radical (unpaired) electrons. The average molecular weight is 273 g/mol. The van der Waals surface area contributed by atoms with Gasteiger partial charge in [-0.3, -0.25) is 0 Å². The van der Waals surface area contributed by atoms with E-state index in [-0.39, 0.29) is 12.4 Å². The molecule has 15 heavy (non-hydrogen) atoms. The summed E-state index contributed by atoms with van der Waals surface area (Å²) in [6, 6.07) is 1.32. The Kier molecular flexibility index (Phi) is 2.91. The van der Waals surface area contributed by atoms with E-state index in [1.165, 1.54) is 18.7 Å². The van der Waals surface area contributed by atoms with Crippen molar-refractivity contribution in [3.63, 3.8) is 0 Å².